The summed E-state index contributed by atoms with van der Waals surface area (Å²) in [5.74, 6) is 0.281. The van der Waals surface area contributed by atoms with E-state index in [-0.39, 0.29) is 11.9 Å². The predicted molar refractivity (Wildman–Crippen MR) is 141 cm³/mol. The van der Waals surface area contributed by atoms with Crippen molar-refractivity contribution in [3.63, 3.8) is 0 Å². The van der Waals surface area contributed by atoms with Crippen LogP contribution in [0.2, 0.25) is 0 Å². The molecule has 2 N–H and O–H groups in total. The fourth-order valence-corrected chi connectivity index (χ4v) is 3.59. The summed E-state index contributed by atoms with van der Waals surface area (Å²) in [6.07, 6.45) is 1.28. The summed E-state index contributed by atoms with van der Waals surface area (Å²) in [6, 6.07) is 19.0. The van der Waals surface area contributed by atoms with Gasteiger partial charge in [0.05, 0.1) is 13.2 Å². The molecule has 0 aliphatic heterocycles. The van der Waals surface area contributed by atoms with Crippen LogP contribution >= 0.6 is 0 Å². The molecule has 0 radical (unpaired) electrons. The van der Waals surface area contributed by atoms with E-state index in [0.29, 0.717) is 45.2 Å². The molecule has 0 unspecified atom stereocenters. The minimum absolute atomic E-state index is 0.130. The van der Waals surface area contributed by atoms with Crippen LogP contribution in [-0.2, 0) is 22.6 Å². The summed E-state index contributed by atoms with van der Waals surface area (Å²) in [4.78, 5) is 30.3. The van der Waals surface area contributed by atoms with E-state index in [1.165, 1.54) is 0 Å². The van der Waals surface area contributed by atoms with Gasteiger partial charge >= 0.3 is 6.03 Å². The Kier molecular flexibility index (Phi) is 12.9. The first-order chi connectivity index (χ1) is 16.9. The highest BCUT2D eigenvalue weighted by atomic mass is 16.5. The molecule has 0 aromatic heterocycles. The molecule has 0 aliphatic carbocycles. The van der Waals surface area contributed by atoms with Gasteiger partial charge in [-0.1, -0.05) is 74.5 Å². The zero-order chi connectivity index (χ0) is 25.5. The van der Waals surface area contributed by atoms with Gasteiger partial charge < -0.3 is 25.2 Å². The number of hydrogen-bond acceptors (Lipinski definition) is 4. The van der Waals surface area contributed by atoms with Crippen LogP contribution in [0.4, 0.5) is 4.79 Å². The summed E-state index contributed by atoms with van der Waals surface area (Å²) in [5.41, 5.74) is 2.11. The van der Waals surface area contributed by atoms with Crippen molar-refractivity contribution in [2.45, 2.75) is 39.3 Å². The number of hydrogen-bond donors (Lipinski definition) is 2. The number of nitrogens with one attached hydrogen (secondary N) is 2. The quantitative estimate of drug-likeness (QED) is 0.381. The smallest absolute Gasteiger partial charge is 0.318 e. The molecule has 192 valence electrons. The van der Waals surface area contributed by atoms with Crippen molar-refractivity contribution in [1.29, 1.82) is 0 Å². The van der Waals surface area contributed by atoms with Crippen molar-refractivity contribution >= 4 is 11.9 Å². The Morgan fingerprint density at radius 3 is 2.09 bits per heavy atom. The Morgan fingerprint density at radius 1 is 0.857 bits per heavy atom. The molecular formula is C28H42N4O3. The van der Waals surface area contributed by atoms with Gasteiger partial charge in [-0.3, -0.25) is 4.79 Å². The fourth-order valence-electron chi connectivity index (χ4n) is 3.59. The Hall–Kier alpha value is -2.90. The molecular weight excluding hydrogens is 440 g/mol. The van der Waals surface area contributed by atoms with Gasteiger partial charge in [-0.2, -0.15) is 0 Å². The molecule has 2 rings (SSSR count). The molecule has 1 atom stereocenters. The van der Waals surface area contributed by atoms with Gasteiger partial charge in [0.1, 0.15) is 6.04 Å². The van der Waals surface area contributed by atoms with Gasteiger partial charge in [0.15, 0.2) is 0 Å². The Morgan fingerprint density at radius 2 is 1.49 bits per heavy atom. The third kappa shape index (κ3) is 11.4. The van der Waals surface area contributed by atoms with Gasteiger partial charge in [-0.15, -0.1) is 0 Å². The van der Waals surface area contributed by atoms with Gasteiger partial charge in [-0.05, 0) is 37.6 Å². The second-order valence-electron chi connectivity index (χ2n) is 9.45. The number of ether oxygens (including phenoxy) is 1. The molecule has 0 heterocycles. The number of urea groups is 1. The van der Waals surface area contributed by atoms with Gasteiger partial charge in [0.25, 0.3) is 0 Å². The first kappa shape index (κ1) is 28.3. The van der Waals surface area contributed by atoms with E-state index in [4.69, 9.17) is 4.74 Å². The number of likely N-dealkylation sites (N-methyl/N-ethyl adjacent to an activating group) is 1. The van der Waals surface area contributed by atoms with E-state index >= 15 is 0 Å². The van der Waals surface area contributed by atoms with Crippen LogP contribution in [0.3, 0.4) is 0 Å². The molecule has 0 aliphatic rings. The standard InChI is InChI=1S/C28H42N4O3/c1-23(2)15-18-32(28(34)30-17-20-35-22-25-13-9-6-10-14-25)26(21-24-11-7-5-8-12-24)27(33)29-16-19-31(3)4/h5-14,23,26H,15-22H2,1-4H3,(H,29,33)(H,30,34)/t26-/m0/s1. The summed E-state index contributed by atoms with van der Waals surface area (Å²) in [5, 5.41) is 5.99. The topological polar surface area (TPSA) is 73.9 Å². The lowest BCUT2D eigenvalue weighted by Gasteiger charge is -2.32. The van der Waals surface area contributed by atoms with Crippen LogP contribution in [0.25, 0.3) is 0 Å². The van der Waals surface area contributed by atoms with E-state index in [1.54, 1.807) is 4.90 Å². The van der Waals surface area contributed by atoms with Crippen LogP contribution in [0.1, 0.15) is 31.4 Å². The van der Waals surface area contributed by atoms with Crippen molar-refractivity contribution < 1.29 is 14.3 Å². The first-order valence-corrected chi connectivity index (χ1v) is 12.5. The summed E-state index contributed by atoms with van der Waals surface area (Å²) < 4.78 is 5.71. The summed E-state index contributed by atoms with van der Waals surface area (Å²) >= 11 is 0. The van der Waals surface area contributed by atoms with Crippen molar-refractivity contribution in [2.24, 2.45) is 5.92 Å². The highest BCUT2D eigenvalue weighted by molar-refractivity contribution is 5.87. The number of nitrogens with zero attached hydrogens (tertiary/aromatic N) is 2. The van der Waals surface area contributed by atoms with Crippen molar-refractivity contribution in [2.75, 3.05) is 46.9 Å². The van der Waals surface area contributed by atoms with Gasteiger partial charge in [-0.25, -0.2) is 4.79 Å². The van der Waals surface area contributed by atoms with Gasteiger partial charge in [0, 0.05) is 32.6 Å². The van der Waals surface area contributed by atoms with Crippen LogP contribution in [0, 0.1) is 5.92 Å². The lowest BCUT2D eigenvalue weighted by atomic mass is 10.0. The second-order valence-corrected chi connectivity index (χ2v) is 9.45. The SMILES string of the molecule is CC(C)CCN(C(=O)NCCOCc1ccccc1)[C@@H](Cc1ccccc1)C(=O)NCCN(C)C. The average Bonchev–Trinajstić information content (AvgIpc) is 2.84. The molecule has 0 bridgehead atoms. The number of carbonyl (C=O) groups excluding carboxylic acids is 2. The largest absolute Gasteiger partial charge is 0.375 e. The number of benzene rings is 2. The molecule has 2 aromatic rings. The number of carbonyl (C=O) groups is 2. The average molecular weight is 483 g/mol. The van der Waals surface area contributed by atoms with Crippen molar-refractivity contribution in [3.8, 4) is 0 Å². The predicted octanol–water partition coefficient (Wildman–Crippen LogP) is 3.55. The van der Waals surface area contributed by atoms with E-state index in [2.05, 4.69) is 24.5 Å². The second kappa shape index (κ2) is 15.9. The monoisotopic (exact) mass is 482 g/mol. The van der Waals surface area contributed by atoms with E-state index in [9.17, 15) is 9.59 Å². The van der Waals surface area contributed by atoms with E-state index in [1.807, 2.05) is 79.7 Å². The first-order valence-electron chi connectivity index (χ1n) is 12.5. The lowest BCUT2D eigenvalue weighted by molar-refractivity contribution is -0.125. The molecule has 7 heteroatoms. The maximum Gasteiger partial charge on any atom is 0.318 e. The van der Waals surface area contributed by atoms with Crippen LogP contribution in [-0.4, -0.2) is 74.7 Å². The molecule has 0 spiro atoms. The maximum atomic E-state index is 13.3. The minimum atomic E-state index is -0.594. The Bertz CT molecular complexity index is 859. The number of amides is 3. The molecule has 35 heavy (non-hydrogen) atoms. The molecule has 0 fully saturated rings. The lowest BCUT2D eigenvalue weighted by Crippen LogP contribution is -2.55. The highest BCUT2D eigenvalue weighted by Gasteiger charge is 2.30. The molecule has 3 amide bonds. The van der Waals surface area contributed by atoms with Gasteiger partial charge in [0.2, 0.25) is 5.91 Å². The molecule has 0 saturated carbocycles. The van der Waals surface area contributed by atoms with Crippen LogP contribution in [0.5, 0.6) is 0 Å². The summed E-state index contributed by atoms with van der Waals surface area (Å²) in [6.45, 7) is 7.30. The highest BCUT2D eigenvalue weighted by Crippen LogP contribution is 2.13. The Labute approximate surface area is 210 Å². The molecule has 2 aromatic carbocycles. The summed E-state index contributed by atoms with van der Waals surface area (Å²) in [7, 11) is 3.94. The fraction of sp³-hybridized carbons (Fsp3) is 0.500. The van der Waals surface area contributed by atoms with Crippen LogP contribution < -0.4 is 10.6 Å². The number of rotatable bonds is 15. The zero-order valence-corrected chi connectivity index (χ0v) is 21.7. The third-order valence-electron chi connectivity index (χ3n) is 5.65. The Balaban J connectivity index is 2.04. The maximum absolute atomic E-state index is 13.3. The normalized spacial score (nSPS) is 11.9. The third-order valence-corrected chi connectivity index (χ3v) is 5.65. The van der Waals surface area contributed by atoms with E-state index < -0.39 is 6.04 Å². The van der Waals surface area contributed by atoms with Crippen molar-refractivity contribution in [1.82, 2.24) is 20.4 Å². The van der Waals surface area contributed by atoms with Crippen molar-refractivity contribution in [3.05, 3.63) is 71.8 Å². The molecule has 7 nitrogen and oxygen atoms in total. The molecule has 0 saturated heterocycles. The van der Waals surface area contributed by atoms with Crippen LogP contribution in [0.15, 0.2) is 60.7 Å². The zero-order valence-electron chi connectivity index (χ0n) is 21.7. The minimum Gasteiger partial charge on any atom is -0.375 e. The van der Waals surface area contributed by atoms with E-state index in [0.717, 1.165) is 24.1 Å².